The van der Waals surface area contributed by atoms with Gasteiger partial charge in [0.15, 0.2) is 0 Å². The van der Waals surface area contributed by atoms with E-state index in [1.165, 1.54) is 20.3 Å². The molecule has 1 aliphatic rings. The number of carbonyl (C=O) groups is 1. The Labute approximate surface area is 180 Å². The Balaban J connectivity index is 1.55. The van der Waals surface area contributed by atoms with Crippen molar-refractivity contribution in [3.8, 4) is 0 Å². The SMILES string of the molecule is Cc1cccc(NC(=O)Cn2nc3n(C[C@H]4CCCO4)c(=O)c4sccc4n3c2=O)c1. The van der Waals surface area contributed by atoms with Crippen molar-refractivity contribution >= 4 is 38.9 Å². The van der Waals surface area contributed by atoms with Crippen LogP contribution in [-0.4, -0.2) is 37.4 Å². The summed E-state index contributed by atoms with van der Waals surface area (Å²) >= 11 is 1.29. The van der Waals surface area contributed by atoms with E-state index in [0.717, 1.165) is 23.1 Å². The van der Waals surface area contributed by atoms with Gasteiger partial charge in [0.25, 0.3) is 5.56 Å². The molecular weight excluding hydrogens is 418 g/mol. The predicted molar refractivity (Wildman–Crippen MR) is 118 cm³/mol. The van der Waals surface area contributed by atoms with E-state index in [4.69, 9.17) is 4.74 Å². The fraction of sp³-hybridized carbons (Fsp3) is 0.333. The summed E-state index contributed by atoms with van der Waals surface area (Å²) < 4.78 is 10.2. The second-order valence-corrected chi connectivity index (χ2v) is 8.60. The number of nitrogens with zero attached hydrogens (tertiary/aromatic N) is 4. The minimum Gasteiger partial charge on any atom is -0.376 e. The summed E-state index contributed by atoms with van der Waals surface area (Å²) in [4.78, 5) is 38.8. The molecule has 1 amide bonds. The van der Waals surface area contributed by atoms with Crippen molar-refractivity contribution in [2.75, 3.05) is 11.9 Å². The molecule has 4 aromatic rings. The molecule has 1 aromatic carbocycles. The third-order valence-electron chi connectivity index (χ3n) is 5.39. The molecule has 1 saturated heterocycles. The molecule has 0 aliphatic carbocycles. The van der Waals surface area contributed by atoms with Crippen LogP contribution in [0.4, 0.5) is 5.69 Å². The highest BCUT2D eigenvalue weighted by Gasteiger charge is 2.23. The molecule has 0 radical (unpaired) electrons. The van der Waals surface area contributed by atoms with E-state index in [2.05, 4.69) is 10.4 Å². The van der Waals surface area contributed by atoms with Gasteiger partial charge in [0.05, 0.1) is 18.2 Å². The summed E-state index contributed by atoms with van der Waals surface area (Å²) in [6, 6.07) is 9.13. The highest BCUT2D eigenvalue weighted by Crippen LogP contribution is 2.19. The van der Waals surface area contributed by atoms with Crippen molar-refractivity contribution in [2.45, 2.75) is 39.0 Å². The van der Waals surface area contributed by atoms with Crippen LogP contribution in [0.5, 0.6) is 0 Å². The zero-order valence-corrected chi connectivity index (χ0v) is 17.7. The van der Waals surface area contributed by atoms with Gasteiger partial charge in [-0.1, -0.05) is 12.1 Å². The van der Waals surface area contributed by atoms with Crippen LogP contribution in [0.15, 0.2) is 45.3 Å². The van der Waals surface area contributed by atoms with Crippen LogP contribution in [-0.2, 0) is 22.6 Å². The van der Waals surface area contributed by atoms with Crippen molar-refractivity contribution in [1.29, 1.82) is 0 Å². The average molecular weight is 439 g/mol. The van der Waals surface area contributed by atoms with E-state index in [9.17, 15) is 14.4 Å². The maximum absolute atomic E-state index is 13.1. The average Bonchev–Trinajstić information content (AvgIpc) is 3.46. The van der Waals surface area contributed by atoms with E-state index in [1.807, 2.05) is 25.1 Å². The minimum atomic E-state index is -0.459. The van der Waals surface area contributed by atoms with Gasteiger partial charge in [-0.3, -0.25) is 14.2 Å². The lowest BCUT2D eigenvalue weighted by atomic mass is 10.2. The molecular formula is C21H21N5O4S. The number of aryl methyl sites for hydroxylation is 1. The first kappa shape index (κ1) is 19.7. The van der Waals surface area contributed by atoms with Gasteiger partial charge >= 0.3 is 5.69 Å². The molecule has 5 rings (SSSR count). The Morgan fingerprint density at radius 1 is 1.32 bits per heavy atom. The fourth-order valence-electron chi connectivity index (χ4n) is 3.95. The molecule has 0 spiro atoms. The second kappa shape index (κ2) is 7.78. The number of thiophene rings is 1. The minimum absolute atomic E-state index is 0.0937. The van der Waals surface area contributed by atoms with Crippen LogP contribution in [0.25, 0.3) is 16.0 Å². The molecule has 1 N–H and O–H groups in total. The summed E-state index contributed by atoms with van der Waals surface area (Å²) in [5.74, 6) is -0.148. The summed E-state index contributed by atoms with van der Waals surface area (Å²) in [7, 11) is 0. The molecule has 31 heavy (non-hydrogen) atoms. The summed E-state index contributed by atoms with van der Waals surface area (Å²) in [5.41, 5.74) is 1.51. The monoisotopic (exact) mass is 439 g/mol. The molecule has 10 heteroatoms. The first-order chi connectivity index (χ1) is 15.0. The molecule has 1 atom stereocenters. The van der Waals surface area contributed by atoms with Gasteiger partial charge < -0.3 is 10.1 Å². The predicted octanol–water partition coefficient (Wildman–Crippen LogP) is 2.00. The number of aromatic nitrogens is 4. The standard InChI is InChI=1S/C21H21N5O4S/c1-13-4-2-5-14(10-13)22-17(27)12-25-21(29)26-16-7-9-31-18(16)19(28)24(20(26)23-25)11-15-6-3-8-30-15/h2,4-5,7,9-10,15H,3,6,8,11-12H2,1H3,(H,22,27)/t15-/m1/s1. The molecule has 0 saturated carbocycles. The lowest BCUT2D eigenvalue weighted by Gasteiger charge is -2.12. The molecule has 9 nitrogen and oxygen atoms in total. The number of rotatable bonds is 5. The van der Waals surface area contributed by atoms with E-state index >= 15 is 0 Å². The molecule has 1 fully saturated rings. The summed E-state index contributed by atoms with van der Waals surface area (Å²) in [6.07, 6.45) is 1.70. The van der Waals surface area contributed by atoms with Crippen LogP contribution in [0, 0.1) is 6.92 Å². The number of carbonyl (C=O) groups excluding carboxylic acids is 1. The van der Waals surface area contributed by atoms with E-state index in [0.29, 0.717) is 29.1 Å². The third kappa shape index (κ3) is 3.57. The van der Waals surface area contributed by atoms with Gasteiger partial charge in [-0.05, 0) is 48.9 Å². The first-order valence-electron chi connectivity index (χ1n) is 10.1. The van der Waals surface area contributed by atoms with Gasteiger partial charge in [-0.15, -0.1) is 16.4 Å². The highest BCUT2D eigenvalue weighted by atomic mass is 32.1. The van der Waals surface area contributed by atoms with E-state index in [1.54, 1.807) is 17.5 Å². The van der Waals surface area contributed by atoms with Gasteiger partial charge in [0, 0.05) is 12.3 Å². The molecule has 0 bridgehead atoms. The van der Waals surface area contributed by atoms with E-state index < -0.39 is 5.69 Å². The quantitative estimate of drug-likeness (QED) is 0.513. The maximum Gasteiger partial charge on any atom is 0.352 e. The zero-order chi connectivity index (χ0) is 21.5. The fourth-order valence-corrected chi connectivity index (χ4v) is 4.78. The third-order valence-corrected chi connectivity index (χ3v) is 6.29. The first-order valence-corrected chi connectivity index (χ1v) is 11.0. The molecule has 0 unspecified atom stereocenters. The number of benzene rings is 1. The summed E-state index contributed by atoms with van der Waals surface area (Å²) in [6.45, 7) is 2.66. The smallest absolute Gasteiger partial charge is 0.352 e. The highest BCUT2D eigenvalue weighted by molar-refractivity contribution is 7.17. The Morgan fingerprint density at radius 2 is 2.19 bits per heavy atom. The van der Waals surface area contributed by atoms with Crippen molar-refractivity contribution in [2.24, 2.45) is 0 Å². The number of nitrogens with one attached hydrogen (secondary N) is 1. The number of hydrogen-bond donors (Lipinski definition) is 1. The Hall–Kier alpha value is -3.24. The number of ether oxygens (including phenoxy) is 1. The van der Waals surface area contributed by atoms with Gasteiger partial charge in [0.2, 0.25) is 11.7 Å². The molecule has 1 aliphatic heterocycles. The van der Waals surface area contributed by atoms with Crippen LogP contribution < -0.4 is 16.6 Å². The van der Waals surface area contributed by atoms with Gasteiger partial charge in [-0.25, -0.2) is 13.9 Å². The van der Waals surface area contributed by atoms with Crippen molar-refractivity contribution in [3.63, 3.8) is 0 Å². The number of anilines is 1. The van der Waals surface area contributed by atoms with Crippen LogP contribution in [0.1, 0.15) is 18.4 Å². The number of amides is 1. The second-order valence-electron chi connectivity index (χ2n) is 7.68. The number of fused-ring (bicyclic) bond motifs is 3. The van der Waals surface area contributed by atoms with Crippen LogP contribution in [0.2, 0.25) is 0 Å². The summed E-state index contributed by atoms with van der Waals surface area (Å²) in [5, 5.41) is 8.92. The van der Waals surface area contributed by atoms with Crippen LogP contribution in [0.3, 0.4) is 0 Å². The number of hydrogen-bond acceptors (Lipinski definition) is 6. The van der Waals surface area contributed by atoms with Gasteiger partial charge in [0.1, 0.15) is 11.2 Å². The Bertz CT molecular complexity index is 1410. The molecule has 160 valence electrons. The van der Waals surface area contributed by atoms with Crippen molar-refractivity contribution in [1.82, 2.24) is 18.7 Å². The molecule has 4 heterocycles. The van der Waals surface area contributed by atoms with Crippen LogP contribution >= 0.6 is 11.3 Å². The zero-order valence-electron chi connectivity index (χ0n) is 16.9. The lowest BCUT2D eigenvalue weighted by Crippen LogP contribution is -2.30. The lowest BCUT2D eigenvalue weighted by molar-refractivity contribution is -0.117. The van der Waals surface area contributed by atoms with Gasteiger partial charge in [-0.2, -0.15) is 0 Å². The Kier molecular flexibility index (Phi) is 4.95. The van der Waals surface area contributed by atoms with E-state index in [-0.39, 0.29) is 29.9 Å². The normalized spacial score (nSPS) is 16.4. The Morgan fingerprint density at radius 3 is 2.97 bits per heavy atom. The van der Waals surface area contributed by atoms with Crippen molar-refractivity contribution < 1.29 is 9.53 Å². The largest absolute Gasteiger partial charge is 0.376 e. The topological polar surface area (TPSA) is 99.6 Å². The van der Waals surface area contributed by atoms with Crippen molar-refractivity contribution in [3.05, 3.63) is 62.1 Å². The maximum atomic E-state index is 13.1. The molecule has 3 aromatic heterocycles.